The van der Waals surface area contributed by atoms with E-state index in [0.717, 1.165) is 12.3 Å². The maximum absolute atomic E-state index is 5.75. The van der Waals surface area contributed by atoms with Gasteiger partial charge in [0.15, 0.2) is 0 Å². The first-order chi connectivity index (χ1) is 7.70. The summed E-state index contributed by atoms with van der Waals surface area (Å²) >= 11 is 0. The molecule has 0 unspecified atom stereocenters. The van der Waals surface area contributed by atoms with Crippen molar-refractivity contribution in [1.82, 2.24) is 9.55 Å². The summed E-state index contributed by atoms with van der Waals surface area (Å²) in [6.07, 6.45) is 1.60. The van der Waals surface area contributed by atoms with E-state index in [4.69, 9.17) is 10.5 Å². The van der Waals surface area contributed by atoms with Gasteiger partial charge in [-0.2, -0.15) is 0 Å². The van der Waals surface area contributed by atoms with Crippen LogP contribution in [0.4, 0.5) is 5.82 Å². The van der Waals surface area contributed by atoms with Gasteiger partial charge in [0, 0.05) is 6.54 Å². The van der Waals surface area contributed by atoms with E-state index in [9.17, 15) is 0 Å². The molecule has 0 fully saturated rings. The molecule has 0 amide bonds. The third-order valence-electron chi connectivity index (χ3n) is 2.40. The molecule has 0 aliphatic carbocycles. The Morgan fingerprint density at radius 1 is 1.31 bits per heavy atom. The third kappa shape index (κ3) is 2.00. The van der Waals surface area contributed by atoms with Gasteiger partial charge in [-0.3, -0.25) is 4.57 Å². The number of hydrogen-bond acceptors (Lipinski definition) is 3. The van der Waals surface area contributed by atoms with Crippen LogP contribution in [0.1, 0.15) is 12.5 Å². The summed E-state index contributed by atoms with van der Waals surface area (Å²) in [5.74, 6) is 1.38. The maximum Gasteiger partial charge on any atom is 0.303 e. The standard InChI is InChI=1S/C12H15N3O/c1-3-15-11(13)8-14-12(15)16-10-6-4-9(2)5-7-10/h4-8H,3,13H2,1-2H3. The summed E-state index contributed by atoms with van der Waals surface area (Å²) in [5.41, 5.74) is 6.95. The molecule has 0 spiro atoms. The summed E-state index contributed by atoms with van der Waals surface area (Å²) < 4.78 is 7.47. The van der Waals surface area contributed by atoms with E-state index in [-0.39, 0.29) is 0 Å². The van der Waals surface area contributed by atoms with Crippen molar-refractivity contribution >= 4 is 5.82 Å². The molecule has 2 aromatic rings. The number of nitrogens with zero attached hydrogens (tertiary/aromatic N) is 2. The number of hydrogen-bond donors (Lipinski definition) is 1. The predicted molar refractivity (Wildman–Crippen MR) is 63.6 cm³/mol. The summed E-state index contributed by atoms with van der Waals surface area (Å²) in [5, 5.41) is 0. The van der Waals surface area contributed by atoms with Crippen LogP contribution in [0.3, 0.4) is 0 Å². The Hall–Kier alpha value is -1.97. The lowest BCUT2D eigenvalue weighted by Gasteiger charge is -2.07. The van der Waals surface area contributed by atoms with Crippen LogP contribution in [-0.2, 0) is 6.54 Å². The average molecular weight is 217 g/mol. The SMILES string of the molecule is CCn1c(N)cnc1Oc1ccc(C)cc1. The quantitative estimate of drug-likeness (QED) is 0.859. The van der Waals surface area contributed by atoms with Crippen molar-refractivity contribution in [3.05, 3.63) is 36.0 Å². The fraction of sp³-hybridized carbons (Fsp3) is 0.250. The monoisotopic (exact) mass is 217 g/mol. The normalized spacial score (nSPS) is 10.4. The fourth-order valence-electron chi connectivity index (χ4n) is 1.48. The van der Waals surface area contributed by atoms with Crippen molar-refractivity contribution in [2.24, 2.45) is 0 Å². The number of anilines is 1. The van der Waals surface area contributed by atoms with Crippen LogP contribution in [0.5, 0.6) is 11.8 Å². The molecule has 2 N–H and O–H groups in total. The Balaban J connectivity index is 2.23. The van der Waals surface area contributed by atoms with Crippen LogP contribution in [0.15, 0.2) is 30.5 Å². The van der Waals surface area contributed by atoms with Gasteiger partial charge in [0.2, 0.25) is 0 Å². The minimum absolute atomic E-state index is 0.531. The molecule has 84 valence electrons. The first-order valence-electron chi connectivity index (χ1n) is 5.26. The molecular weight excluding hydrogens is 202 g/mol. The Morgan fingerprint density at radius 3 is 2.62 bits per heavy atom. The van der Waals surface area contributed by atoms with E-state index >= 15 is 0 Å². The summed E-state index contributed by atoms with van der Waals surface area (Å²) in [4.78, 5) is 4.12. The molecule has 0 aliphatic rings. The van der Waals surface area contributed by atoms with Crippen LogP contribution < -0.4 is 10.5 Å². The largest absolute Gasteiger partial charge is 0.425 e. The topological polar surface area (TPSA) is 53.1 Å². The lowest BCUT2D eigenvalue weighted by atomic mass is 10.2. The number of aryl methyl sites for hydroxylation is 1. The second-order valence-electron chi connectivity index (χ2n) is 3.63. The molecule has 0 radical (unpaired) electrons. The van der Waals surface area contributed by atoms with Crippen molar-refractivity contribution in [2.45, 2.75) is 20.4 Å². The lowest BCUT2D eigenvalue weighted by Crippen LogP contribution is -2.02. The van der Waals surface area contributed by atoms with E-state index in [1.165, 1.54) is 5.56 Å². The molecule has 0 bridgehead atoms. The molecule has 16 heavy (non-hydrogen) atoms. The zero-order valence-electron chi connectivity index (χ0n) is 9.47. The second-order valence-corrected chi connectivity index (χ2v) is 3.63. The highest BCUT2D eigenvalue weighted by atomic mass is 16.5. The Kier molecular flexibility index (Phi) is 2.81. The average Bonchev–Trinajstić information content (AvgIpc) is 2.63. The maximum atomic E-state index is 5.75. The molecular formula is C12H15N3O. The van der Waals surface area contributed by atoms with Crippen molar-refractivity contribution in [1.29, 1.82) is 0 Å². The number of nitrogen functional groups attached to an aromatic ring is 1. The van der Waals surface area contributed by atoms with Gasteiger partial charge < -0.3 is 10.5 Å². The van der Waals surface area contributed by atoms with Gasteiger partial charge >= 0.3 is 6.01 Å². The predicted octanol–water partition coefficient (Wildman–Crippen LogP) is 2.59. The molecule has 0 aliphatic heterocycles. The molecule has 0 saturated carbocycles. The number of benzene rings is 1. The smallest absolute Gasteiger partial charge is 0.303 e. The van der Waals surface area contributed by atoms with Gasteiger partial charge in [-0.15, -0.1) is 0 Å². The lowest BCUT2D eigenvalue weighted by molar-refractivity contribution is 0.416. The number of ether oxygens (including phenoxy) is 1. The molecule has 1 aromatic heterocycles. The highest BCUT2D eigenvalue weighted by molar-refractivity contribution is 5.33. The minimum Gasteiger partial charge on any atom is -0.425 e. The van der Waals surface area contributed by atoms with E-state index in [0.29, 0.717) is 11.8 Å². The van der Waals surface area contributed by atoms with Gasteiger partial charge in [0.05, 0.1) is 6.20 Å². The number of imidazole rings is 1. The van der Waals surface area contributed by atoms with Crippen LogP contribution in [-0.4, -0.2) is 9.55 Å². The van der Waals surface area contributed by atoms with E-state index < -0.39 is 0 Å². The van der Waals surface area contributed by atoms with Crippen molar-refractivity contribution < 1.29 is 4.74 Å². The van der Waals surface area contributed by atoms with E-state index in [1.807, 2.05) is 42.7 Å². The van der Waals surface area contributed by atoms with Gasteiger partial charge in [0.1, 0.15) is 11.6 Å². The molecule has 4 nitrogen and oxygen atoms in total. The van der Waals surface area contributed by atoms with Gasteiger partial charge in [0.25, 0.3) is 0 Å². The molecule has 4 heteroatoms. The van der Waals surface area contributed by atoms with Gasteiger partial charge in [-0.1, -0.05) is 17.7 Å². The van der Waals surface area contributed by atoms with E-state index in [2.05, 4.69) is 4.98 Å². The molecule has 1 heterocycles. The molecule has 0 saturated heterocycles. The van der Waals surface area contributed by atoms with E-state index in [1.54, 1.807) is 6.20 Å². The third-order valence-corrected chi connectivity index (χ3v) is 2.40. The van der Waals surface area contributed by atoms with Crippen molar-refractivity contribution in [2.75, 3.05) is 5.73 Å². The number of aromatic nitrogens is 2. The number of nitrogens with two attached hydrogens (primary N) is 1. The number of rotatable bonds is 3. The highest BCUT2D eigenvalue weighted by Gasteiger charge is 2.07. The molecule has 1 aromatic carbocycles. The van der Waals surface area contributed by atoms with Crippen LogP contribution >= 0.6 is 0 Å². The van der Waals surface area contributed by atoms with Gasteiger partial charge in [-0.25, -0.2) is 4.98 Å². The molecule has 0 atom stereocenters. The zero-order valence-corrected chi connectivity index (χ0v) is 9.47. The summed E-state index contributed by atoms with van der Waals surface area (Å²) in [7, 11) is 0. The van der Waals surface area contributed by atoms with Crippen molar-refractivity contribution in [3.8, 4) is 11.8 Å². The highest BCUT2D eigenvalue weighted by Crippen LogP contribution is 2.22. The summed E-state index contributed by atoms with van der Waals surface area (Å²) in [6, 6.07) is 8.36. The molecule has 2 rings (SSSR count). The Labute approximate surface area is 94.7 Å². The second kappa shape index (κ2) is 4.26. The van der Waals surface area contributed by atoms with Crippen molar-refractivity contribution in [3.63, 3.8) is 0 Å². The minimum atomic E-state index is 0.531. The van der Waals surface area contributed by atoms with Crippen LogP contribution in [0.2, 0.25) is 0 Å². The Bertz CT molecular complexity index is 474. The Morgan fingerprint density at radius 2 is 2.00 bits per heavy atom. The van der Waals surface area contributed by atoms with Crippen LogP contribution in [0.25, 0.3) is 0 Å². The first kappa shape index (κ1) is 10.5. The zero-order chi connectivity index (χ0) is 11.5. The van der Waals surface area contributed by atoms with Crippen LogP contribution in [0, 0.1) is 6.92 Å². The fourth-order valence-corrected chi connectivity index (χ4v) is 1.48. The first-order valence-corrected chi connectivity index (χ1v) is 5.26. The summed E-state index contributed by atoms with van der Waals surface area (Å²) in [6.45, 7) is 4.78. The van der Waals surface area contributed by atoms with Gasteiger partial charge in [-0.05, 0) is 26.0 Å².